The van der Waals surface area contributed by atoms with E-state index in [-0.39, 0.29) is 11.9 Å². The predicted octanol–water partition coefficient (Wildman–Crippen LogP) is 3.58. The SMILES string of the molecule is CCC(C)NC(=O)c1ccn2c(-c3cccc(Cl)c3)nnc2c1. The lowest BCUT2D eigenvalue weighted by Crippen LogP contribution is -2.31. The number of halogens is 1. The van der Waals surface area contributed by atoms with Crippen LogP contribution in [-0.2, 0) is 0 Å². The molecule has 0 aliphatic carbocycles. The topological polar surface area (TPSA) is 59.3 Å². The van der Waals surface area contributed by atoms with Crippen LogP contribution in [0.5, 0.6) is 0 Å². The van der Waals surface area contributed by atoms with E-state index in [0.717, 1.165) is 12.0 Å². The van der Waals surface area contributed by atoms with E-state index >= 15 is 0 Å². The van der Waals surface area contributed by atoms with E-state index < -0.39 is 0 Å². The molecular formula is C17H17ClN4O. The number of nitrogens with one attached hydrogen (secondary N) is 1. The van der Waals surface area contributed by atoms with Gasteiger partial charge in [-0.05, 0) is 37.6 Å². The number of fused-ring (bicyclic) bond motifs is 1. The van der Waals surface area contributed by atoms with E-state index in [1.165, 1.54) is 0 Å². The Kier molecular flexibility index (Phi) is 4.30. The first kappa shape index (κ1) is 15.5. The Balaban J connectivity index is 1.96. The van der Waals surface area contributed by atoms with Gasteiger partial charge in [-0.3, -0.25) is 9.20 Å². The molecule has 1 N–H and O–H groups in total. The van der Waals surface area contributed by atoms with Gasteiger partial charge in [-0.25, -0.2) is 0 Å². The minimum absolute atomic E-state index is 0.103. The lowest BCUT2D eigenvalue weighted by molar-refractivity contribution is 0.0939. The number of nitrogens with zero attached hydrogens (tertiary/aromatic N) is 3. The standard InChI is InChI=1S/C17H17ClN4O/c1-3-11(2)19-17(23)13-7-8-22-15(10-13)20-21-16(22)12-5-4-6-14(18)9-12/h4-11H,3H2,1-2H3,(H,19,23). The first-order chi connectivity index (χ1) is 11.1. The fourth-order valence-corrected chi connectivity index (χ4v) is 2.46. The normalized spacial score (nSPS) is 12.3. The van der Waals surface area contributed by atoms with Crippen LogP contribution >= 0.6 is 11.6 Å². The summed E-state index contributed by atoms with van der Waals surface area (Å²) in [4.78, 5) is 12.2. The molecule has 0 saturated carbocycles. The molecule has 1 amide bonds. The third-order valence-corrected chi connectivity index (χ3v) is 3.98. The summed E-state index contributed by atoms with van der Waals surface area (Å²) in [7, 11) is 0. The number of carbonyl (C=O) groups is 1. The van der Waals surface area contributed by atoms with Crippen molar-refractivity contribution in [1.82, 2.24) is 19.9 Å². The van der Waals surface area contributed by atoms with E-state index in [2.05, 4.69) is 15.5 Å². The molecule has 3 aromatic rings. The van der Waals surface area contributed by atoms with Crippen molar-refractivity contribution in [3.8, 4) is 11.4 Å². The minimum Gasteiger partial charge on any atom is -0.350 e. The van der Waals surface area contributed by atoms with Gasteiger partial charge in [0.2, 0.25) is 0 Å². The highest BCUT2D eigenvalue weighted by Crippen LogP contribution is 2.22. The molecule has 0 spiro atoms. The fraction of sp³-hybridized carbons (Fsp3) is 0.235. The number of benzene rings is 1. The molecule has 3 rings (SSSR count). The molecule has 0 radical (unpaired) electrons. The molecule has 118 valence electrons. The molecular weight excluding hydrogens is 312 g/mol. The first-order valence-corrected chi connectivity index (χ1v) is 7.88. The average Bonchev–Trinajstić information content (AvgIpc) is 2.97. The van der Waals surface area contributed by atoms with Gasteiger partial charge < -0.3 is 5.32 Å². The summed E-state index contributed by atoms with van der Waals surface area (Å²) in [5.41, 5.74) is 2.07. The number of amides is 1. The van der Waals surface area contributed by atoms with Crippen LogP contribution < -0.4 is 5.32 Å². The summed E-state index contributed by atoms with van der Waals surface area (Å²) in [5.74, 6) is 0.588. The molecule has 0 bridgehead atoms. The van der Waals surface area contributed by atoms with Crippen molar-refractivity contribution in [3.05, 3.63) is 53.2 Å². The second kappa shape index (κ2) is 6.38. The summed E-state index contributed by atoms with van der Waals surface area (Å²) in [6.07, 6.45) is 2.69. The molecule has 6 heteroatoms. The molecule has 0 aliphatic heterocycles. The van der Waals surface area contributed by atoms with Crippen LogP contribution in [0.2, 0.25) is 5.02 Å². The molecule has 5 nitrogen and oxygen atoms in total. The lowest BCUT2D eigenvalue weighted by atomic mass is 10.2. The Morgan fingerprint density at radius 1 is 1.30 bits per heavy atom. The number of hydrogen-bond acceptors (Lipinski definition) is 3. The van der Waals surface area contributed by atoms with Crippen molar-refractivity contribution in [3.63, 3.8) is 0 Å². The van der Waals surface area contributed by atoms with Crippen LogP contribution in [0.25, 0.3) is 17.0 Å². The maximum absolute atomic E-state index is 12.2. The lowest BCUT2D eigenvalue weighted by Gasteiger charge is -2.11. The quantitative estimate of drug-likeness (QED) is 0.796. The number of carbonyl (C=O) groups excluding carboxylic acids is 1. The van der Waals surface area contributed by atoms with Gasteiger partial charge in [-0.1, -0.05) is 30.7 Å². The predicted molar refractivity (Wildman–Crippen MR) is 90.7 cm³/mol. The van der Waals surface area contributed by atoms with Crippen LogP contribution in [0.4, 0.5) is 0 Å². The Morgan fingerprint density at radius 3 is 2.87 bits per heavy atom. The molecule has 2 aromatic heterocycles. The Hall–Kier alpha value is -2.40. The summed E-state index contributed by atoms with van der Waals surface area (Å²) in [6, 6.07) is 11.1. The van der Waals surface area contributed by atoms with Crippen LogP contribution in [0, 0.1) is 0 Å². The van der Waals surface area contributed by atoms with Crippen molar-refractivity contribution in [2.24, 2.45) is 0 Å². The smallest absolute Gasteiger partial charge is 0.251 e. The molecule has 0 fully saturated rings. The maximum Gasteiger partial charge on any atom is 0.251 e. The van der Waals surface area contributed by atoms with E-state index in [0.29, 0.717) is 22.1 Å². The Labute approximate surface area is 139 Å². The maximum atomic E-state index is 12.2. The van der Waals surface area contributed by atoms with E-state index in [9.17, 15) is 4.79 Å². The molecule has 1 unspecified atom stereocenters. The first-order valence-electron chi connectivity index (χ1n) is 7.50. The summed E-state index contributed by atoms with van der Waals surface area (Å²) >= 11 is 6.03. The summed E-state index contributed by atoms with van der Waals surface area (Å²) < 4.78 is 1.84. The van der Waals surface area contributed by atoms with Crippen LogP contribution in [0.3, 0.4) is 0 Å². The number of aromatic nitrogens is 3. The minimum atomic E-state index is -0.103. The van der Waals surface area contributed by atoms with Crippen molar-refractivity contribution in [1.29, 1.82) is 0 Å². The zero-order valence-electron chi connectivity index (χ0n) is 13.0. The molecule has 1 aromatic carbocycles. The van der Waals surface area contributed by atoms with Gasteiger partial charge in [-0.2, -0.15) is 0 Å². The van der Waals surface area contributed by atoms with Crippen LogP contribution in [0.1, 0.15) is 30.6 Å². The highest BCUT2D eigenvalue weighted by Gasteiger charge is 2.13. The van der Waals surface area contributed by atoms with Crippen molar-refractivity contribution >= 4 is 23.2 Å². The largest absolute Gasteiger partial charge is 0.350 e. The third kappa shape index (κ3) is 3.19. The number of hydrogen-bond donors (Lipinski definition) is 1. The Bertz CT molecular complexity index is 859. The zero-order chi connectivity index (χ0) is 16.4. The van der Waals surface area contributed by atoms with Gasteiger partial charge in [0.25, 0.3) is 5.91 Å². The van der Waals surface area contributed by atoms with Crippen molar-refractivity contribution < 1.29 is 4.79 Å². The van der Waals surface area contributed by atoms with E-state index in [1.54, 1.807) is 18.3 Å². The second-order valence-electron chi connectivity index (χ2n) is 5.46. The van der Waals surface area contributed by atoms with Crippen molar-refractivity contribution in [2.75, 3.05) is 0 Å². The highest BCUT2D eigenvalue weighted by atomic mass is 35.5. The Morgan fingerprint density at radius 2 is 2.13 bits per heavy atom. The molecule has 0 aliphatic rings. The van der Waals surface area contributed by atoms with E-state index in [1.807, 2.05) is 42.5 Å². The molecule has 0 saturated heterocycles. The highest BCUT2D eigenvalue weighted by molar-refractivity contribution is 6.30. The van der Waals surface area contributed by atoms with Gasteiger partial charge in [-0.15, -0.1) is 10.2 Å². The summed E-state index contributed by atoms with van der Waals surface area (Å²) in [6.45, 7) is 4.01. The number of pyridine rings is 1. The van der Waals surface area contributed by atoms with Gasteiger partial charge in [0, 0.05) is 28.4 Å². The summed E-state index contributed by atoms with van der Waals surface area (Å²) in [5, 5.41) is 11.9. The van der Waals surface area contributed by atoms with Gasteiger partial charge in [0.1, 0.15) is 0 Å². The zero-order valence-corrected chi connectivity index (χ0v) is 13.7. The monoisotopic (exact) mass is 328 g/mol. The number of rotatable bonds is 4. The van der Waals surface area contributed by atoms with Gasteiger partial charge in [0.15, 0.2) is 11.5 Å². The van der Waals surface area contributed by atoms with Gasteiger partial charge >= 0.3 is 0 Å². The van der Waals surface area contributed by atoms with Crippen LogP contribution in [-0.4, -0.2) is 26.5 Å². The second-order valence-corrected chi connectivity index (χ2v) is 5.90. The molecule has 23 heavy (non-hydrogen) atoms. The van der Waals surface area contributed by atoms with Crippen molar-refractivity contribution in [2.45, 2.75) is 26.3 Å². The molecule has 2 heterocycles. The van der Waals surface area contributed by atoms with Crippen LogP contribution in [0.15, 0.2) is 42.6 Å². The van der Waals surface area contributed by atoms with Gasteiger partial charge in [0.05, 0.1) is 0 Å². The fourth-order valence-electron chi connectivity index (χ4n) is 2.27. The third-order valence-electron chi connectivity index (χ3n) is 3.74. The van der Waals surface area contributed by atoms with E-state index in [4.69, 9.17) is 11.6 Å². The average molecular weight is 329 g/mol. The molecule has 1 atom stereocenters.